The van der Waals surface area contributed by atoms with E-state index < -0.39 is 0 Å². The minimum absolute atomic E-state index is 0. The van der Waals surface area contributed by atoms with Crippen molar-refractivity contribution in [2.75, 3.05) is 33.9 Å². The fourth-order valence-electron chi connectivity index (χ4n) is 3.19. The molecule has 1 fully saturated rings. The Morgan fingerprint density at radius 3 is 2.64 bits per heavy atom. The number of hydrogen-bond acceptors (Lipinski definition) is 2. The molecule has 1 aromatic rings. The minimum Gasteiger partial charge on any atom is -1.00 e. The Balaban J connectivity index is 0.00000220. The zero-order valence-electron chi connectivity index (χ0n) is 13.7. The van der Waals surface area contributed by atoms with Gasteiger partial charge in [0.05, 0.1) is 27.3 Å². The number of ether oxygens (including phenoxy) is 2. The summed E-state index contributed by atoms with van der Waals surface area (Å²) in [6.45, 7) is 7.07. The number of halogens is 2. The minimum atomic E-state index is 0. The molecule has 0 aliphatic carbocycles. The standard InChI is InChI=1S/C16H26N2O2.2ClH/c1-4-18-9-5-6-14(18)12-17-11-13-7-8-15(19-2)10-16(13)20-3;;/h7-8,10,14,17H,4-6,9,11-12H2,1-3H3;2*1H. The molecule has 0 spiro atoms. The lowest BCUT2D eigenvalue weighted by Gasteiger charge is -2.18. The Kier molecular flexibility index (Phi) is 10.6. The van der Waals surface area contributed by atoms with Crippen molar-refractivity contribution in [3.05, 3.63) is 23.8 Å². The molecule has 1 aromatic carbocycles. The second kappa shape index (κ2) is 10.9. The topological polar surface area (TPSA) is 39.5 Å². The van der Waals surface area contributed by atoms with E-state index >= 15 is 0 Å². The van der Waals surface area contributed by atoms with E-state index in [4.69, 9.17) is 9.47 Å². The predicted molar refractivity (Wildman–Crippen MR) is 79.4 cm³/mol. The second-order valence-electron chi connectivity index (χ2n) is 5.51. The maximum atomic E-state index is 5.45. The van der Waals surface area contributed by atoms with Gasteiger partial charge in [0.1, 0.15) is 30.6 Å². The third-order valence-corrected chi connectivity index (χ3v) is 4.39. The van der Waals surface area contributed by atoms with Gasteiger partial charge in [-0.05, 0) is 19.1 Å². The molecule has 2 rings (SSSR count). The number of quaternary nitrogens is 2. The van der Waals surface area contributed by atoms with E-state index in [9.17, 15) is 0 Å². The van der Waals surface area contributed by atoms with Crippen LogP contribution in [0.3, 0.4) is 0 Å². The summed E-state index contributed by atoms with van der Waals surface area (Å²) < 4.78 is 10.7. The van der Waals surface area contributed by atoms with Crippen LogP contribution >= 0.6 is 0 Å². The molecule has 128 valence electrons. The summed E-state index contributed by atoms with van der Waals surface area (Å²) in [6.07, 6.45) is 2.76. The lowest BCUT2D eigenvalue weighted by molar-refractivity contribution is -0.925. The molecular formula is C16H28Cl2N2O2. The number of likely N-dealkylation sites (N-methyl/N-ethyl adjacent to an activating group) is 1. The molecule has 1 aliphatic rings. The van der Waals surface area contributed by atoms with Crippen molar-refractivity contribution < 1.29 is 44.5 Å². The number of likely N-dealkylation sites (tertiary alicyclic amines) is 1. The van der Waals surface area contributed by atoms with Gasteiger partial charge in [-0.2, -0.15) is 0 Å². The van der Waals surface area contributed by atoms with Crippen molar-refractivity contribution >= 4 is 0 Å². The zero-order chi connectivity index (χ0) is 14.4. The highest BCUT2D eigenvalue weighted by Gasteiger charge is 2.28. The molecule has 0 radical (unpaired) electrons. The van der Waals surface area contributed by atoms with Gasteiger partial charge >= 0.3 is 0 Å². The maximum absolute atomic E-state index is 5.45. The molecule has 2 atom stereocenters. The lowest BCUT2D eigenvalue weighted by Crippen LogP contribution is -3.16. The van der Waals surface area contributed by atoms with E-state index in [1.165, 1.54) is 38.0 Å². The molecule has 0 bridgehead atoms. The lowest BCUT2D eigenvalue weighted by atomic mass is 10.1. The van der Waals surface area contributed by atoms with Gasteiger partial charge in [0.2, 0.25) is 0 Å². The van der Waals surface area contributed by atoms with E-state index in [1.807, 2.05) is 12.1 Å². The van der Waals surface area contributed by atoms with Gasteiger partial charge in [-0.15, -0.1) is 0 Å². The Hall–Kier alpha value is -0.680. The fourth-order valence-corrected chi connectivity index (χ4v) is 3.19. The van der Waals surface area contributed by atoms with Crippen molar-refractivity contribution in [3.8, 4) is 11.5 Å². The summed E-state index contributed by atoms with van der Waals surface area (Å²) >= 11 is 0. The highest BCUT2D eigenvalue weighted by molar-refractivity contribution is 5.40. The van der Waals surface area contributed by atoms with Crippen molar-refractivity contribution in [1.29, 1.82) is 0 Å². The van der Waals surface area contributed by atoms with Crippen LogP contribution in [0.2, 0.25) is 0 Å². The van der Waals surface area contributed by atoms with E-state index in [-0.39, 0.29) is 24.8 Å². The number of hydrogen-bond donors (Lipinski definition) is 2. The molecule has 3 N–H and O–H groups in total. The molecule has 1 heterocycles. The number of benzene rings is 1. The van der Waals surface area contributed by atoms with Gasteiger partial charge in [0.15, 0.2) is 0 Å². The number of nitrogens with one attached hydrogen (secondary N) is 1. The number of nitrogens with two attached hydrogens (primary N) is 1. The van der Waals surface area contributed by atoms with Crippen LogP contribution in [0.25, 0.3) is 0 Å². The Bertz CT molecular complexity index is 433. The quantitative estimate of drug-likeness (QED) is 0.513. The third-order valence-electron chi connectivity index (χ3n) is 4.39. The van der Waals surface area contributed by atoms with Crippen molar-refractivity contribution in [2.45, 2.75) is 32.4 Å². The molecule has 1 saturated heterocycles. The Morgan fingerprint density at radius 1 is 1.23 bits per heavy atom. The van der Waals surface area contributed by atoms with Crippen LogP contribution in [0.1, 0.15) is 25.3 Å². The summed E-state index contributed by atoms with van der Waals surface area (Å²) in [5.74, 6) is 1.77. The molecule has 0 saturated carbocycles. The van der Waals surface area contributed by atoms with Crippen LogP contribution in [0.5, 0.6) is 11.5 Å². The summed E-state index contributed by atoms with van der Waals surface area (Å²) in [5, 5.41) is 2.41. The first-order valence-electron chi connectivity index (χ1n) is 7.65. The van der Waals surface area contributed by atoms with Crippen molar-refractivity contribution in [3.63, 3.8) is 0 Å². The largest absolute Gasteiger partial charge is 1.00 e. The summed E-state index contributed by atoms with van der Waals surface area (Å²) in [7, 11) is 3.40. The third kappa shape index (κ3) is 5.51. The molecule has 6 heteroatoms. The molecule has 2 unspecified atom stereocenters. The van der Waals surface area contributed by atoms with Crippen LogP contribution < -0.4 is 44.5 Å². The monoisotopic (exact) mass is 350 g/mol. The van der Waals surface area contributed by atoms with Gasteiger partial charge in [0, 0.05) is 24.5 Å². The molecule has 1 aliphatic heterocycles. The first-order valence-corrected chi connectivity index (χ1v) is 7.65. The molecule has 0 aromatic heterocycles. The summed E-state index contributed by atoms with van der Waals surface area (Å²) in [6, 6.07) is 6.89. The summed E-state index contributed by atoms with van der Waals surface area (Å²) in [5.41, 5.74) is 1.24. The van der Waals surface area contributed by atoms with Crippen LogP contribution in [0, 0.1) is 0 Å². The molecule has 0 amide bonds. The van der Waals surface area contributed by atoms with Gasteiger partial charge in [-0.1, -0.05) is 0 Å². The Morgan fingerprint density at radius 2 is 2.00 bits per heavy atom. The van der Waals surface area contributed by atoms with Gasteiger partial charge in [-0.3, -0.25) is 0 Å². The highest BCUT2D eigenvalue weighted by atomic mass is 35.5. The normalized spacial score (nSPS) is 20.0. The average molecular weight is 351 g/mol. The average Bonchev–Trinajstić information content (AvgIpc) is 2.95. The highest BCUT2D eigenvalue weighted by Crippen LogP contribution is 2.23. The zero-order valence-corrected chi connectivity index (χ0v) is 15.2. The number of rotatable bonds is 7. The molecular weight excluding hydrogens is 323 g/mol. The van der Waals surface area contributed by atoms with Crippen LogP contribution in [-0.4, -0.2) is 39.9 Å². The fraction of sp³-hybridized carbons (Fsp3) is 0.625. The number of methoxy groups -OCH3 is 2. The van der Waals surface area contributed by atoms with E-state index in [1.54, 1.807) is 19.1 Å². The maximum Gasteiger partial charge on any atom is 0.137 e. The molecule has 4 nitrogen and oxygen atoms in total. The first-order chi connectivity index (χ1) is 9.78. The first kappa shape index (κ1) is 21.3. The van der Waals surface area contributed by atoms with Gasteiger partial charge < -0.3 is 44.5 Å². The van der Waals surface area contributed by atoms with E-state index in [2.05, 4.69) is 18.3 Å². The predicted octanol–water partition coefficient (Wildman–Crippen LogP) is -6.16. The summed E-state index contributed by atoms with van der Waals surface area (Å²) in [4.78, 5) is 1.77. The van der Waals surface area contributed by atoms with E-state index in [0.717, 1.165) is 24.1 Å². The van der Waals surface area contributed by atoms with Crippen molar-refractivity contribution in [1.82, 2.24) is 0 Å². The van der Waals surface area contributed by atoms with Gasteiger partial charge in [-0.25, -0.2) is 0 Å². The second-order valence-corrected chi connectivity index (χ2v) is 5.51. The van der Waals surface area contributed by atoms with Gasteiger partial charge in [0.25, 0.3) is 0 Å². The van der Waals surface area contributed by atoms with Crippen LogP contribution in [0.15, 0.2) is 18.2 Å². The smallest absolute Gasteiger partial charge is 0.137 e. The van der Waals surface area contributed by atoms with Crippen LogP contribution in [0.4, 0.5) is 0 Å². The molecule has 22 heavy (non-hydrogen) atoms. The Labute approximate surface area is 146 Å². The van der Waals surface area contributed by atoms with Crippen molar-refractivity contribution in [2.24, 2.45) is 0 Å². The van der Waals surface area contributed by atoms with Crippen LogP contribution in [-0.2, 0) is 6.54 Å². The SMILES string of the molecule is CC[NH+]1CCCC1C[NH2+]Cc1ccc(OC)cc1OC.[Cl-].[Cl-]. The van der Waals surface area contributed by atoms with E-state index in [0.29, 0.717) is 0 Å².